The number of piperidine rings is 1. The van der Waals surface area contributed by atoms with Crippen molar-refractivity contribution in [2.24, 2.45) is 11.7 Å². The number of carboxylic acid groups (broad SMARTS) is 1. The lowest BCUT2D eigenvalue weighted by molar-refractivity contribution is -0.139. The number of likely N-dealkylation sites (tertiary alicyclic amines) is 1. The van der Waals surface area contributed by atoms with E-state index in [2.05, 4.69) is 4.90 Å². The first-order valence-corrected chi connectivity index (χ1v) is 6.45. The van der Waals surface area contributed by atoms with Crippen LogP contribution >= 0.6 is 0 Å². The van der Waals surface area contributed by atoms with Crippen LogP contribution in [0.4, 0.5) is 4.79 Å². The summed E-state index contributed by atoms with van der Waals surface area (Å²) < 4.78 is 4.89. The quantitative estimate of drug-likeness (QED) is 0.720. The number of hydrogen-bond donors (Lipinski definition) is 2. The lowest BCUT2D eigenvalue weighted by atomic mass is 9.97. The Balaban J connectivity index is 2.27. The van der Waals surface area contributed by atoms with E-state index in [9.17, 15) is 9.59 Å². The molecule has 0 spiro atoms. The number of rotatable bonds is 5. The fourth-order valence-electron chi connectivity index (χ4n) is 2.14. The zero-order valence-electron chi connectivity index (χ0n) is 11.5. The van der Waals surface area contributed by atoms with Crippen molar-refractivity contribution in [3.8, 4) is 0 Å². The van der Waals surface area contributed by atoms with Crippen molar-refractivity contribution in [2.75, 3.05) is 40.3 Å². The minimum absolute atomic E-state index is 0.286. The third-order valence-electron chi connectivity index (χ3n) is 3.20. The second-order valence-electron chi connectivity index (χ2n) is 5.21. The SMILES string of the molecule is CN(C)CC1CCN(C(=O)OC[C@H](N)C(=O)O)CC1. The van der Waals surface area contributed by atoms with Crippen LogP contribution in [0.15, 0.2) is 0 Å². The topological polar surface area (TPSA) is 96.1 Å². The summed E-state index contributed by atoms with van der Waals surface area (Å²) in [6.45, 7) is 2.04. The van der Waals surface area contributed by atoms with E-state index in [0.29, 0.717) is 19.0 Å². The summed E-state index contributed by atoms with van der Waals surface area (Å²) >= 11 is 0. The molecule has 7 heteroatoms. The minimum atomic E-state index is -1.17. The molecular weight excluding hydrogens is 250 g/mol. The Morgan fingerprint density at radius 3 is 2.47 bits per heavy atom. The van der Waals surface area contributed by atoms with Gasteiger partial charge in [-0.15, -0.1) is 0 Å². The molecule has 19 heavy (non-hydrogen) atoms. The number of amides is 1. The lowest BCUT2D eigenvalue weighted by Gasteiger charge is -2.32. The molecule has 0 aromatic carbocycles. The predicted molar refractivity (Wildman–Crippen MR) is 69.8 cm³/mol. The number of nitrogens with zero attached hydrogens (tertiary/aromatic N) is 2. The molecule has 1 aliphatic heterocycles. The number of hydrogen-bond acceptors (Lipinski definition) is 5. The van der Waals surface area contributed by atoms with Crippen molar-refractivity contribution in [3.05, 3.63) is 0 Å². The molecule has 7 nitrogen and oxygen atoms in total. The van der Waals surface area contributed by atoms with Gasteiger partial charge in [-0.3, -0.25) is 4.79 Å². The maximum Gasteiger partial charge on any atom is 0.409 e. The Morgan fingerprint density at radius 1 is 1.42 bits per heavy atom. The van der Waals surface area contributed by atoms with Gasteiger partial charge in [-0.25, -0.2) is 4.79 Å². The van der Waals surface area contributed by atoms with Gasteiger partial charge in [-0.05, 0) is 32.9 Å². The molecule has 1 saturated heterocycles. The van der Waals surface area contributed by atoms with E-state index in [4.69, 9.17) is 15.6 Å². The molecule has 0 bridgehead atoms. The van der Waals surface area contributed by atoms with Gasteiger partial charge in [0.25, 0.3) is 0 Å². The highest BCUT2D eigenvalue weighted by Crippen LogP contribution is 2.18. The van der Waals surface area contributed by atoms with Gasteiger partial charge >= 0.3 is 12.1 Å². The van der Waals surface area contributed by atoms with Gasteiger partial charge in [0.2, 0.25) is 0 Å². The average molecular weight is 273 g/mol. The summed E-state index contributed by atoms with van der Waals surface area (Å²) in [6.07, 6.45) is 1.41. The summed E-state index contributed by atoms with van der Waals surface area (Å²) in [7, 11) is 4.07. The maximum atomic E-state index is 11.7. The summed E-state index contributed by atoms with van der Waals surface area (Å²) in [5.41, 5.74) is 5.27. The van der Waals surface area contributed by atoms with Crippen molar-refractivity contribution < 1.29 is 19.4 Å². The highest BCUT2D eigenvalue weighted by molar-refractivity contribution is 5.74. The van der Waals surface area contributed by atoms with E-state index in [0.717, 1.165) is 19.4 Å². The molecule has 1 aliphatic rings. The Labute approximate surface area is 113 Å². The largest absolute Gasteiger partial charge is 0.480 e. The van der Waals surface area contributed by atoms with E-state index in [1.54, 1.807) is 4.90 Å². The summed E-state index contributed by atoms with van der Waals surface area (Å²) in [5, 5.41) is 8.59. The maximum absolute atomic E-state index is 11.7. The zero-order chi connectivity index (χ0) is 14.4. The van der Waals surface area contributed by atoms with Crippen LogP contribution in [0.25, 0.3) is 0 Å². The van der Waals surface area contributed by atoms with Crippen molar-refractivity contribution in [1.82, 2.24) is 9.80 Å². The van der Waals surface area contributed by atoms with E-state index < -0.39 is 18.1 Å². The molecule has 0 radical (unpaired) electrons. The monoisotopic (exact) mass is 273 g/mol. The molecule has 0 saturated carbocycles. The van der Waals surface area contributed by atoms with Crippen LogP contribution in [-0.2, 0) is 9.53 Å². The number of carboxylic acids is 1. The van der Waals surface area contributed by atoms with Crippen LogP contribution in [0.3, 0.4) is 0 Å². The molecule has 1 heterocycles. The van der Waals surface area contributed by atoms with Gasteiger partial charge < -0.3 is 25.4 Å². The van der Waals surface area contributed by atoms with Crippen LogP contribution < -0.4 is 5.73 Å². The molecule has 110 valence electrons. The first-order chi connectivity index (χ1) is 8.90. The molecule has 1 atom stereocenters. The molecule has 0 aromatic rings. The van der Waals surface area contributed by atoms with E-state index in [1.807, 2.05) is 14.1 Å². The normalized spacial score (nSPS) is 18.4. The smallest absolute Gasteiger partial charge is 0.409 e. The molecule has 0 aliphatic carbocycles. The second kappa shape index (κ2) is 7.30. The number of carbonyl (C=O) groups excluding carboxylic acids is 1. The van der Waals surface area contributed by atoms with Crippen molar-refractivity contribution >= 4 is 12.1 Å². The van der Waals surface area contributed by atoms with Crippen molar-refractivity contribution in [2.45, 2.75) is 18.9 Å². The predicted octanol–water partition coefficient (Wildman–Crippen LogP) is -0.191. The molecule has 3 N–H and O–H groups in total. The van der Waals surface area contributed by atoms with E-state index >= 15 is 0 Å². The van der Waals surface area contributed by atoms with Crippen molar-refractivity contribution in [1.29, 1.82) is 0 Å². The van der Waals surface area contributed by atoms with Crippen LogP contribution in [0, 0.1) is 5.92 Å². The van der Waals surface area contributed by atoms with Gasteiger partial charge in [0.15, 0.2) is 0 Å². The first kappa shape index (κ1) is 15.7. The second-order valence-corrected chi connectivity index (χ2v) is 5.21. The zero-order valence-corrected chi connectivity index (χ0v) is 11.5. The summed E-state index contributed by atoms with van der Waals surface area (Å²) in [5.74, 6) is -0.571. The Hall–Kier alpha value is -1.34. The standard InChI is InChI=1S/C12H23N3O4/c1-14(2)7-9-3-5-15(6-4-9)12(18)19-8-10(13)11(16)17/h9-10H,3-8,13H2,1-2H3,(H,16,17)/t10-/m0/s1. The highest BCUT2D eigenvalue weighted by atomic mass is 16.6. The van der Waals surface area contributed by atoms with Gasteiger partial charge in [-0.2, -0.15) is 0 Å². The number of aliphatic carboxylic acids is 1. The number of carbonyl (C=O) groups is 2. The van der Waals surface area contributed by atoms with Crippen LogP contribution in [0.2, 0.25) is 0 Å². The average Bonchev–Trinajstić information content (AvgIpc) is 2.35. The van der Waals surface area contributed by atoms with Crippen LogP contribution in [0.1, 0.15) is 12.8 Å². The Bertz CT molecular complexity index is 314. The first-order valence-electron chi connectivity index (χ1n) is 6.45. The number of nitrogens with two attached hydrogens (primary N) is 1. The molecule has 1 fully saturated rings. The van der Waals surface area contributed by atoms with Gasteiger partial charge in [0, 0.05) is 19.6 Å². The van der Waals surface area contributed by atoms with Gasteiger partial charge in [0.05, 0.1) is 0 Å². The summed E-state index contributed by atoms with van der Waals surface area (Å²) in [4.78, 5) is 26.0. The Kier molecular flexibility index (Phi) is 6.04. The third-order valence-corrected chi connectivity index (χ3v) is 3.20. The van der Waals surface area contributed by atoms with Crippen LogP contribution in [-0.4, -0.2) is 73.3 Å². The van der Waals surface area contributed by atoms with Crippen molar-refractivity contribution in [3.63, 3.8) is 0 Å². The molecule has 0 unspecified atom stereocenters. The third kappa shape index (κ3) is 5.44. The van der Waals surface area contributed by atoms with Gasteiger partial charge in [-0.1, -0.05) is 0 Å². The molecular formula is C12H23N3O4. The fourth-order valence-corrected chi connectivity index (χ4v) is 2.14. The minimum Gasteiger partial charge on any atom is -0.480 e. The lowest BCUT2D eigenvalue weighted by Crippen LogP contribution is -2.43. The fraction of sp³-hybridized carbons (Fsp3) is 0.833. The molecule has 1 rings (SSSR count). The number of ether oxygens (including phenoxy) is 1. The van der Waals surface area contributed by atoms with Crippen LogP contribution in [0.5, 0.6) is 0 Å². The highest BCUT2D eigenvalue weighted by Gasteiger charge is 2.25. The molecule has 1 amide bonds. The summed E-state index contributed by atoms with van der Waals surface area (Å²) in [6, 6.07) is -1.16. The van der Waals surface area contributed by atoms with Gasteiger partial charge in [0.1, 0.15) is 12.6 Å². The van der Waals surface area contributed by atoms with E-state index in [1.165, 1.54) is 0 Å². The molecule has 0 aromatic heterocycles. The Morgan fingerprint density at radius 2 is 2.00 bits per heavy atom. The van der Waals surface area contributed by atoms with E-state index in [-0.39, 0.29) is 6.61 Å².